The number of ether oxygens (including phenoxy) is 2. The van der Waals surface area contributed by atoms with Crippen molar-refractivity contribution < 1.29 is 23.6 Å². The van der Waals surface area contributed by atoms with Crippen molar-refractivity contribution in [3.05, 3.63) is 58.9 Å². The second kappa shape index (κ2) is 10.0. The maximum absolute atomic E-state index is 13.4. The molecule has 0 bridgehead atoms. The molecule has 1 heterocycles. The van der Waals surface area contributed by atoms with Crippen molar-refractivity contribution in [2.75, 3.05) is 20.8 Å². The fraction of sp³-hybridized carbons (Fsp3) is 0.458. The van der Waals surface area contributed by atoms with E-state index in [1.54, 1.807) is 14.2 Å². The normalized spacial score (nSPS) is 18.8. The number of amides is 2. The Morgan fingerprint density at radius 1 is 1.10 bits per heavy atom. The molecule has 1 unspecified atom stereocenters. The van der Waals surface area contributed by atoms with E-state index in [0.717, 1.165) is 30.6 Å². The van der Waals surface area contributed by atoms with Crippen LogP contribution in [0.3, 0.4) is 0 Å². The number of benzene rings is 2. The van der Waals surface area contributed by atoms with E-state index >= 15 is 0 Å². The monoisotopic (exact) mass is 430 g/mol. The number of urea groups is 1. The molecule has 0 saturated carbocycles. The van der Waals surface area contributed by atoms with E-state index in [1.807, 2.05) is 45.0 Å². The minimum atomic E-state index is -0.239. The average molecular weight is 431 g/mol. The summed E-state index contributed by atoms with van der Waals surface area (Å²) >= 11 is 0. The summed E-state index contributed by atoms with van der Waals surface area (Å²) in [5.74, 6) is 1.14. The average Bonchev–Trinajstić information content (AvgIpc) is 2.73. The third kappa shape index (κ3) is 5.47. The largest absolute Gasteiger partial charge is 0.493 e. The highest BCUT2D eigenvalue weighted by Gasteiger charge is 2.37. The molecule has 3 atom stereocenters. The van der Waals surface area contributed by atoms with E-state index in [2.05, 4.69) is 10.6 Å². The van der Waals surface area contributed by atoms with Crippen LogP contribution in [0.15, 0.2) is 36.4 Å². The Kier molecular flexibility index (Phi) is 7.38. The van der Waals surface area contributed by atoms with Crippen LogP contribution >= 0.6 is 0 Å². The first kappa shape index (κ1) is 22.9. The van der Waals surface area contributed by atoms with Crippen LogP contribution in [0.25, 0.3) is 0 Å². The standard InChI is InChI=1S/C24H32FN3O3/c1-15(2)26-24(29)27-16(3)23-20-13-22(31-5)21(30-4)12-18(20)10-11-28(23)14-17-6-8-19(25)9-7-17/h6-9,12-13,15-16,23H,10-11,14H2,1-5H3,(H2,26,27,29)/p+1/t16-,23+/m0/s1. The van der Waals surface area contributed by atoms with E-state index in [4.69, 9.17) is 9.47 Å². The van der Waals surface area contributed by atoms with Gasteiger partial charge in [-0.25, -0.2) is 9.18 Å². The lowest BCUT2D eigenvalue weighted by atomic mass is 9.87. The lowest BCUT2D eigenvalue weighted by Gasteiger charge is -2.38. The lowest BCUT2D eigenvalue weighted by Crippen LogP contribution is -3.13. The molecule has 31 heavy (non-hydrogen) atoms. The first-order valence-corrected chi connectivity index (χ1v) is 10.7. The summed E-state index contributed by atoms with van der Waals surface area (Å²) in [6, 6.07) is 10.4. The van der Waals surface area contributed by atoms with Crippen LogP contribution in [-0.4, -0.2) is 38.9 Å². The summed E-state index contributed by atoms with van der Waals surface area (Å²) in [7, 11) is 3.26. The van der Waals surface area contributed by atoms with Gasteiger partial charge in [0.15, 0.2) is 11.5 Å². The highest BCUT2D eigenvalue weighted by Crippen LogP contribution is 2.35. The Morgan fingerprint density at radius 3 is 2.35 bits per heavy atom. The van der Waals surface area contributed by atoms with E-state index in [-0.39, 0.29) is 30.0 Å². The number of quaternary nitrogens is 1. The third-order valence-electron chi connectivity index (χ3n) is 5.76. The van der Waals surface area contributed by atoms with E-state index in [0.29, 0.717) is 11.5 Å². The number of fused-ring (bicyclic) bond motifs is 1. The van der Waals surface area contributed by atoms with Crippen molar-refractivity contribution in [3.8, 4) is 11.5 Å². The van der Waals surface area contributed by atoms with Crippen LogP contribution in [0.5, 0.6) is 11.5 Å². The van der Waals surface area contributed by atoms with Gasteiger partial charge in [0.2, 0.25) is 0 Å². The van der Waals surface area contributed by atoms with Crippen LogP contribution in [0, 0.1) is 5.82 Å². The molecule has 0 saturated heterocycles. The molecule has 6 nitrogen and oxygen atoms in total. The topological polar surface area (TPSA) is 64.0 Å². The van der Waals surface area contributed by atoms with Crippen LogP contribution in [0.4, 0.5) is 9.18 Å². The number of hydrogen-bond donors (Lipinski definition) is 3. The van der Waals surface area contributed by atoms with Gasteiger partial charge in [-0.2, -0.15) is 0 Å². The molecule has 0 spiro atoms. The van der Waals surface area contributed by atoms with Crippen LogP contribution < -0.4 is 25.0 Å². The van der Waals surface area contributed by atoms with Gasteiger partial charge in [-0.15, -0.1) is 0 Å². The van der Waals surface area contributed by atoms with Crippen molar-refractivity contribution in [1.82, 2.24) is 10.6 Å². The molecule has 0 radical (unpaired) electrons. The van der Waals surface area contributed by atoms with Crippen molar-refractivity contribution in [2.45, 2.75) is 51.9 Å². The molecule has 2 aromatic carbocycles. The number of nitrogens with one attached hydrogen (secondary N) is 3. The summed E-state index contributed by atoms with van der Waals surface area (Å²) in [4.78, 5) is 13.7. The second-order valence-electron chi connectivity index (χ2n) is 8.41. The molecule has 3 N–H and O–H groups in total. The Balaban J connectivity index is 1.95. The summed E-state index contributed by atoms with van der Waals surface area (Å²) in [5.41, 5.74) is 3.39. The van der Waals surface area contributed by atoms with Gasteiger partial charge in [0, 0.05) is 23.6 Å². The van der Waals surface area contributed by atoms with Crippen LogP contribution in [-0.2, 0) is 13.0 Å². The quantitative estimate of drug-likeness (QED) is 0.633. The molecule has 3 rings (SSSR count). The maximum Gasteiger partial charge on any atom is 0.315 e. The molecule has 1 aliphatic rings. The van der Waals surface area contributed by atoms with Crippen LogP contribution in [0.2, 0.25) is 0 Å². The molecule has 2 amide bonds. The Labute approximate surface area is 183 Å². The number of methoxy groups -OCH3 is 2. The van der Waals surface area contributed by atoms with E-state index in [9.17, 15) is 9.18 Å². The molecular weight excluding hydrogens is 397 g/mol. The van der Waals surface area contributed by atoms with Crippen molar-refractivity contribution in [1.29, 1.82) is 0 Å². The number of carbonyl (C=O) groups excluding carboxylic acids is 1. The summed E-state index contributed by atoms with van der Waals surface area (Å²) in [6.07, 6.45) is 0.883. The van der Waals surface area contributed by atoms with Gasteiger partial charge in [-0.1, -0.05) is 12.1 Å². The van der Waals surface area contributed by atoms with Gasteiger partial charge in [-0.05, 0) is 50.6 Å². The Hall–Kier alpha value is -2.80. The summed E-state index contributed by atoms with van der Waals surface area (Å²) in [6.45, 7) is 7.52. The zero-order chi connectivity index (χ0) is 22.5. The van der Waals surface area contributed by atoms with Gasteiger partial charge < -0.3 is 25.0 Å². The third-order valence-corrected chi connectivity index (χ3v) is 5.76. The van der Waals surface area contributed by atoms with Crippen molar-refractivity contribution in [2.24, 2.45) is 0 Å². The first-order chi connectivity index (χ1) is 14.8. The fourth-order valence-electron chi connectivity index (χ4n) is 4.39. The molecule has 1 aliphatic heterocycles. The predicted molar refractivity (Wildman–Crippen MR) is 118 cm³/mol. The van der Waals surface area contributed by atoms with Crippen LogP contribution in [0.1, 0.15) is 43.5 Å². The van der Waals surface area contributed by atoms with Gasteiger partial charge in [0.05, 0.1) is 26.8 Å². The Morgan fingerprint density at radius 2 is 1.74 bits per heavy atom. The minimum absolute atomic E-state index is 0.00604. The SMILES string of the molecule is COc1cc2c(cc1OC)[C@@H]([C@H](C)NC(=O)NC(C)C)[NH+](Cc1ccc(F)cc1)CC2. The molecule has 0 aliphatic carbocycles. The number of rotatable bonds is 7. The lowest BCUT2D eigenvalue weighted by molar-refractivity contribution is -0.948. The van der Waals surface area contributed by atoms with Crippen molar-refractivity contribution >= 4 is 6.03 Å². The van der Waals surface area contributed by atoms with Gasteiger partial charge in [-0.3, -0.25) is 0 Å². The van der Waals surface area contributed by atoms with Gasteiger partial charge >= 0.3 is 6.03 Å². The fourth-order valence-corrected chi connectivity index (χ4v) is 4.39. The predicted octanol–water partition coefficient (Wildman–Crippen LogP) is 2.62. The number of carbonyl (C=O) groups is 1. The highest BCUT2D eigenvalue weighted by atomic mass is 19.1. The second-order valence-corrected chi connectivity index (χ2v) is 8.41. The number of halogens is 1. The Bertz CT molecular complexity index is 902. The molecule has 7 heteroatoms. The van der Waals surface area contributed by atoms with E-state index in [1.165, 1.54) is 22.6 Å². The molecule has 168 valence electrons. The zero-order valence-corrected chi connectivity index (χ0v) is 18.9. The zero-order valence-electron chi connectivity index (χ0n) is 18.9. The summed E-state index contributed by atoms with van der Waals surface area (Å²) < 4.78 is 24.4. The number of hydrogen-bond acceptors (Lipinski definition) is 3. The molecular formula is C24H33FN3O3+. The molecule has 0 fully saturated rings. The minimum Gasteiger partial charge on any atom is -0.493 e. The molecule has 2 aromatic rings. The smallest absolute Gasteiger partial charge is 0.315 e. The van der Waals surface area contributed by atoms with E-state index < -0.39 is 0 Å². The van der Waals surface area contributed by atoms with Gasteiger partial charge in [0.1, 0.15) is 18.4 Å². The maximum atomic E-state index is 13.4. The highest BCUT2D eigenvalue weighted by molar-refractivity contribution is 5.74. The van der Waals surface area contributed by atoms with Gasteiger partial charge in [0.25, 0.3) is 0 Å². The summed E-state index contributed by atoms with van der Waals surface area (Å²) in [5, 5.41) is 6.01. The molecule has 0 aromatic heterocycles. The van der Waals surface area contributed by atoms with Crippen molar-refractivity contribution in [3.63, 3.8) is 0 Å². The first-order valence-electron chi connectivity index (χ1n) is 10.7.